The topological polar surface area (TPSA) is 98.2 Å². The van der Waals surface area contributed by atoms with Crippen molar-refractivity contribution in [2.75, 3.05) is 0 Å². The molecule has 8 heteroatoms. The molecule has 0 atom stereocenters. The monoisotopic (exact) mass is 325 g/mol. The maximum atomic E-state index is 12.3. The molecule has 0 radical (unpaired) electrons. The second kappa shape index (κ2) is 5.92. The number of thiocarbonyl (C=S) groups is 1. The van der Waals surface area contributed by atoms with E-state index < -0.39 is 10.0 Å². The Morgan fingerprint density at radius 3 is 2.71 bits per heavy atom. The summed E-state index contributed by atoms with van der Waals surface area (Å²) in [6.07, 6.45) is 0. The number of sulfonamides is 1. The van der Waals surface area contributed by atoms with Gasteiger partial charge in [0, 0.05) is 17.7 Å². The van der Waals surface area contributed by atoms with Gasteiger partial charge in [0.1, 0.15) is 10.7 Å². The highest BCUT2D eigenvalue weighted by molar-refractivity contribution is 7.89. The van der Waals surface area contributed by atoms with E-state index in [-0.39, 0.29) is 16.4 Å². The van der Waals surface area contributed by atoms with Crippen LogP contribution in [0.1, 0.15) is 22.6 Å². The molecule has 0 aliphatic carbocycles. The molecule has 0 saturated heterocycles. The normalized spacial score (nSPS) is 11.5. The number of hydrogen-bond donors (Lipinski definition) is 2. The van der Waals surface area contributed by atoms with E-state index in [4.69, 9.17) is 22.5 Å². The minimum atomic E-state index is -3.66. The number of nitrogens with two attached hydrogens (primary N) is 1. The van der Waals surface area contributed by atoms with Crippen LogP contribution < -0.4 is 10.5 Å². The first-order valence-corrected chi connectivity index (χ1v) is 8.01. The zero-order chi connectivity index (χ0) is 15.6. The quantitative estimate of drug-likeness (QED) is 0.807. The van der Waals surface area contributed by atoms with Gasteiger partial charge in [0.25, 0.3) is 0 Å². The van der Waals surface area contributed by atoms with Crippen molar-refractivity contribution in [1.29, 1.82) is 0 Å². The van der Waals surface area contributed by atoms with E-state index in [9.17, 15) is 8.42 Å². The highest BCUT2D eigenvalue weighted by Gasteiger charge is 2.17. The van der Waals surface area contributed by atoms with Crippen molar-refractivity contribution in [3.63, 3.8) is 0 Å². The Hall–Kier alpha value is -1.77. The lowest BCUT2D eigenvalue weighted by atomic mass is 10.2. The van der Waals surface area contributed by atoms with Crippen molar-refractivity contribution >= 4 is 27.2 Å². The fraction of sp³-hybridized carbons (Fsp3) is 0.231. The van der Waals surface area contributed by atoms with Crippen LogP contribution in [-0.2, 0) is 16.6 Å². The van der Waals surface area contributed by atoms with Crippen LogP contribution in [0.3, 0.4) is 0 Å². The molecule has 0 fully saturated rings. The molecule has 0 saturated carbocycles. The molecule has 0 aliphatic rings. The first-order valence-electron chi connectivity index (χ1n) is 6.12. The number of hydrogen-bond acceptors (Lipinski definition) is 5. The highest BCUT2D eigenvalue weighted by atomic mass is 32.2. The summed E-state index contributed by atoms with van der Waals surface area (Å²) in [6.45, 7) is 3.60. The van der Waals surface area contributed by atoms with E-state index in [1.807, 2.05) is 0 Å². The van der Waals surface area contributed by atoms with Gasteiger partial charge in [-0.1, -0.05) is 29.5 Å². The van der Waals surface area contributed by atoms with Gasteiger partial charge in [-0.3, -0.25) is 0 Å². The maximum Gasteiger partial charge on any atom is 0.240 e. The third-order valence-electron chi connectivity index (χ3n) is 3.05. The SMILES string of the molecule is Cc1noc(C)c1CNS(=O)(=O)c1cccc(C(N)=S)c1. The number of aromatic nitrogens is 1. The number of aryl methyl sites for hydroxylation is 2. The molecule has 1 heterocycles. The van der Waals surface area contributed by atoms with Gasteiger partial charge < -0.3 is 10.3 Å². The standard InChI is InChI=1S/C13H15N3O3S2/c1-8-12(9(2)19-16-8)7-15-21(17,18)11-5-3-4-10(6-11)13(14)20/h3-6,15H,7H2,1-2H3,(H2,14,20). The maximum absolute atomic E-state index is 12.3. The largest absolute Gasteiger partial charge is 0.389 e. The van der Waals surface area contributed by atoms with Crippen LogP contribution in [0.2, 0.25) is 0 Å². The van der Waals surface area contributed by atoms with Crippen LogP contribution in [0.5, 0.6) is 0 Å². The van der Waals surface area contributed by atoms with E-state index in [1.54, 1.807) is 26.0 Å². The summed E-state index contributed by atoms with van der Waals surface area (Å²) in [5.41, 5.74) is 7.40. The number of rotatable bonds is 5. The van der Waals surface area contributed by atoms with Gasteiger partial charge in [-0.2, -0.15) is 0 Å². The Morgan fingerprint density at radius 2 is 2.14 bits per heavy atom. The Balaban J connectivity index is 2.23. The van der Waals surface area contributed by atoms with E-state index in [0.717, 1.165) is 5.56 Å². The molecule has 2 rings (SSSR count). The third-order valence-corrected chi connectivity index (χ3v) is 4.68. The molecule has 0 aliphatic heterocycles. The molecule has 0 bridgehead atoms. The Kier molecular flexibility index (Phi) is 4.40. The van der Waals surface area contributed by atoms with Crippen molar-refractivity contribution in [3.05, 3.63) is 46.8 Å². The van der Waals surface area contributed by atoms with Gasteiger partial charge >= 0.3 is 0 Å². The second-order valence-electron chi connectivity index (χ2n) is 4.52. The number of nitrogens with one attached hydrogen (secondary N) is 1. The zero-order valence-corrected chi connectivity index (χ0v) is 13.2. The van der Waals surface area contributed by atoms with Crippen molar-refractivity contribution in [1.82, 2.24) is 9.88 Å². The molecule has 0 spiro atoms. The molecule has 21 heavy (non-hydrogen) atoms. The van der Waals surface area contributed by atoms with Gasteiger partial charge in [-0.25, -0.2) is 13.1 Å². The van der Waals surface area contributed by atoms with Gasteiger partial charge in [-0.15, -0.1) is 0 Å². The summed E-state index contributed by atoms with van der Waals surface area (Å²) >= 11 is 4.85. The number of nitrogens with zero attached hydrogens (tertiary/aromatic N) is 1. The lowest BCUT2D eigenvalue weighted by Gasteiger charge is -2.08. The van der Waals surface area contributed by atoms with Gasteiger partial charge in [0.15, 0.2) is 0 Å². The fourth-order valence-electron chi connectivity index (χ4n) is 1.82. The smallest absolute Gasteiger partial charge is 0.240 e. The van der Waals surface area contributed by atoms with Crippen LogP contribution in [0, 0.1) is 13.8 Å². The molecule has 1 aromatic carbocycles. The molecule has 0 unspecified atom stereocenters. The molecular formula is C13H15N3O3S2. The highest BCUT2D eigenvalue weighted by Crippen LogP contribution is 2.15. The summed E-state index contributed by atoms with van der Waals surface area (Å²) in [5.74, 6) is 0.590. The van der Waals surface area contributed by atoms with Gasteiger partial charge in [0.2, 0.25) is 10.0 Å². The van der Waals surface area contributed by atoms with Crippen LogP contribution in [0.25, 0.3) is 0 Å². The summed E-state index contributed by atoms with van der Waals surface area (Å²) in [4.78, 5) is 0.261. The van der Waals surface area contributed by atoms with E-state index in [2.05, 4.69) is 9.88 Å². The molecule has 3 N–H and O–H groups in total. The summed E-state index contributed by atoms with van der Waals surface area (Å²) in [6, 6.07) is 6.18. The van der Waals surface area contributed by atoms with E-state index >= 15 is 0 Å². The predicted molar refractivity (Wildman–Crippen MR) is 82.3 cm³/mol. The van der Waals surface area contributed by atoms with E-state index in [0.29, 0.717) is 17.0 Å². The van der Waals surface area contributed by atoms with Gasteiger partial charge in [-0.05, 0) is 26.0 Å². The van der Waals surface area contributed by atoms with Crippen molar-refractivity contribution in [2.45, 2.75) is 25.3 Å². The summed E-state index contributed by atoms with van der Waals surface area (Å²) in [7, 11) is -3.66. The van der Waals surface area contributed by atoms with Crippen LogP contribution >= 0.6 is 12.2 Å². The molecule has 2 aromatic rings. The third kappa shape index (κ3) is 3.46. The minimum Gasteiger partial charge on any atom is -0.389 e. The molecular weight excluding hydrogens is 310 g/mol. The lowest BCUT2D eigenvalue weighted by Crippen LogP contribution is -2.24. The first kappa shape index (κ1) is 15.6. The summed E-state index contributed by atoms with van der Waals surface area (Å²) < 4.78 is 32.1. The minimum absolute atomic E-state index is 0.111. The molecule has 1 aromatic heterocycles. The second-order valence-corrected chi connectivity index (χ2v) is 6.73. The van der Waals surface area contributed by atoms with Crippen LogP contribution in [0.4, 0.5) is 0 Å². The van der Waals surface area contributed by atoms with Crippen LogP contribution in [0.15, 0.2) is 33.7 Å². The van der Waals surface area contributed by atoms with Gasteiger partial charge in [0.05, 0.1) is 10.6 Å². The Labute approximate surface area is 128 Å². The number of benzene rings is 1. The average Bonchev–Trinajstić information content (AvgIpc) is 2.76. The van der Waals surface area contributed by atoms with Crippen molar-refractivity contribution in [3.8, 4) is 0 Å². The Morgan fingerprint density at radius 1 is 1.43 bits per heavy atom. The van der Waals surface area contributed by atoms with Crippen LogP contribution in [-0.4, -0.2) is 18.6 Å². The lowest BCUT2D eigenvalue weighted by molar-refractivity contribution is 0.392. The first-order chi connectivity index (χ1) is 9.81. The predicted octanol–water partition coefficient (Wildman–Crippen LogP) is 1.40. The van der Waals surface area contributed by atoms with E-state index in [1.165, 1.54) is 12.1 Å². The molecule has 0 amide bonds. The average molecular weight is 325 g/mol. The zero-order valence-electron chi connectivity index (χ0n) is 11.6. The van der Waals surface area contributed by atoms with Crippen molar-refractivity contribution < 1.29 is 12.9 Å². The fourth-order valence-corrected chi connectivity index (χ4v) is 2.99. The Bertz CT molecular complexity index is 762. The van der Waals surface area contributed by atoms with Crippen molar-refractivity contribution in [2.24, 2.45) is 5.73 Å². The molecule has 6 nitrogen and oxygen atoms in total. The molecule has 112 valence electrons. The summed E-state index contributed by atoms with van der Waals surface area (Å²) in [5, 5.41) is 3.78.